The lowest BCUT2D eigenvalue weighted by Crippen LogP contribution is -2.64. The number of Topliss-reactive ketones (excluding diaryl/α,β-unsaturated/α-hetero) is 2. The van der Waals surface area contributed by atoms with Crippen molar-refractivity contribution in [3.05, 3.63) is 84.1 Å². The molecule has 5 atom stereocenters. The number of ether oxygens (including phenoxy) is 2. The first-order valence-electron chi connectivity index (χ1n) is 21.7. The quantitative estimate of drug-likeness (QED) is 0.0587. The average molecular weight is 915 g/mol. The van der Waals surface area contributed by atoms with Gasteiger partial charge in [0, 0.05) is 42.4 Å². The number of hydrogen-bond donors (Lipinski definition) is 7. The average Bonchev–Trinajstić information content (AvgIpc) is 3.64. The molecule has 4 aromatic rings. The van der Waals surface area contributed by atoms with E-state index in [1.807, 2.05) is 66.7 Å². The molecular formula is C47H62N8O9S. The number of thioether (sulfide) groups is 1. The molecule has 3 aromatic carbocycles. The SMILES string of the molecule is CC(C)(C)OC(=O)N[C@@H](CCCCN)C(=O)C1CN(C(C(N)=O)C(=O)[C@H](Cc2c[nH]c3ccccc23)NC(=O)OC(C)(C)C)C(=O)CSCC(NCc2cccc3ccccc23)C(=O)N1. The first-order valence-corrected chi connectivity index (χ1v) is 22.9. The maximum atomic E-state index is 14.9. The number of nitrogens with zero attached hydrogens (tertiary/aromatic N) is 1. The van der Waals surface area contributed by atoms with Crippen molar-refractivity contribution in [2.45, 2.75) is 115 Å². The Morgan fingerprint density at radius 1 is 0.831 bits per heavy atom. The van der Waals surface area contributed by atoms with Gasteiger partial charge in [0.15, 0.2) is 17.6 Å². The van der Waals surface area contributed by atoms with E-state index in [2.05, 4.69) is 26.3 Å². The van der Waals surface area contributed by atoms with E-state index in [4.69, 9.17) is 20.9 Å². The lowest BCUT2D eigenvalue weighted by Gasteiger charge is -2.36. The third-order valence-electron chi connectivity index (χ3n) is 10.6. The minimum absolute atomic E-state index is 0.0474. The Hall–Kier alpha value is -5.98. The van der Waals surface area contributed by atoms with Crippen LogP contribution in [-0.4, -0.2) is 117 Å². The van der Waals surface area contributed by atoms with Crippen molar-refractivity contribution in [2.75, 3.05) is 24.6 Å². The van der Waals surface area contributed by atoms with Gasteiger partial charge in [-0.05, 0) is 95.3 Å². The number of benzene rings is 3. The van der Waals surface area contributed by atoms with Gasteiger partial charge in [-0.15, -0.1) is 11.8 Å². The number of amides is 5. The van der Waals surface area contributed by atoms with Gasteiger partial charge in [0.05, 0.1) is 23.9 Å². The van der Waals surface area contributed by atoms with Gasteiger partial charge in [-0.3, -0.25) is 24.0 Å². The Labute approximate surface area is 383 Å². The molecule has 1 aliphatic heterocycles. The monoisotopic (exact) mass is 914 g/mol. The summed E-state index contributed by atoms with van der Waals surface area (Å²) < 4.78 is 11.0. The van der Waals surface area contributed by atoms with Crippen molar-refractivity contribution in [3.63, 3.8) is 0 Å². The van der Waals surface area contributed by atoms with Gasteiger partial charge in [0.25, 0.3) is 0 Å². The normalized spacial score (nSPS) is 17.7. The van der Waals surface area contributed by atoms with Crippen LogP contribution >= 0.6 is 11.8 Å². The molecule has 5 rings (SSSR count). The van der Waals surface area contributed by atoms with E-state index < -0.39 is 89.4 Å². The molecule has 2 heterocycles. The van der Waals surface area contributed by atoms with E-state index in [-0.39, 0.29) is 30.9 Å². The Balaban J connectivity index is 1.53. The van der Waals surface area contributed by atoms with Crippen molar-refractivity contribution < 1.29 is 43.0 Å². The van der Waals surface area contributed by atoms with Crippen LogP contribution in [0.3, 0.4) is 0 Å². The Bertz CT molecular complexity index is 2350. The zero-order chi connectivity index (χ0) is 47.5. The van der Waals surface area contributed by atoms with E-state index in [1.54, 1.807) is 47.7 Å². The van der Waals surface area contributed by atoms with Crippen molar-refractivity contribution in [1.29, 1.82) is 0 Å². The molecule has 65 heavy (non-hydrogen) atoms. The number of primary amides is 1. The number of aromatic nitrogens is 1. The number of carbonyl (C=O) groups excluding carboxylic acids is 7. The highest BCUT2D eigenvalue weighted by Crippen LogP contribution is 2.23. The van der Waals surface area contributed by atoms with Crippen LogP contribution in [0.15, 0.2) is 72.9 Å². The van der Waals surface area contributed by atoms with Crippen LogP contribution in [0.5, 0.6) is 0 Å². The predicted octanol–water partition coefficient (Wildman–Crippen LogP) is 3.99. The number of unbranched alkanes of at least 4 members (excludes halogenated alkanes) is 1. The van der Waals surface area contributed by atoms with Gasteiger partial charge in [-0.2, -0.15) is 0 Å². The van der Waals surface area contributed by atoms with Gasteiger partial charge in [0.1, 0.15) is 17.2 Å². The number of ketones is 2. The molecule has 1 aromatic heterocycles. The molecule has 18 heteroatoms. The van der Waals surface area contributed by atoms with E-state index in [9.17, 15) is 33.6 Å². The highest BCUT2D eigenvalue weighted by atomic mass is 32.2. The number of nitrogens with one attached hydrogen (secondary N) is 5. The third kappa shape index (κ3) is 14.3. The predicted molar refractivity (Wildman–Crippen MR) is 250 cm³/mol. The fraction of sp³-hybridized carbons (Fsp3) is 0.468. The number of para-hydroxylation sites is 1. The molecule has 0 aliphatic carbocycles. The Kier molecular flexibility index (Phi) is 17.1. The third-order valence-corrected chi connectivity index (χ3v) is 11.6. The standard InChI is InChI=1S/C47H62N8O9S/c1-46(2,3)63-44(61)53-34(20-11-12-21-48)40(57)36-25-55(38(56)27-65-26-37(43(60)52-36)51-23-29-16-13-15-28-14-7-8-17-31(28)29)39(42(49)59)41(58)35(54-45(62)64-47(4,5)6)22-30-24-50-33-19-10-9-18-32(30)33/h7-10,13-19,24,34-37,39,50-51H,11-12,20-23,25-27,48H2,1-6H3,(H2,49,59)(H,52,60)(H,53,61)(H,54,62)/t34-,35-,36?,37?,39?/m0/s1. The summed E-state index contributed by atoms with van der Waals surface area (Å²) in [7, 11) is 0. The summed E-state index contributed by atoms with van der Waals surface area (Å²) in [5.74, 6) is -4.53. The van der Waals surface area contributed by atoms with E-state index in [1.165, 1.54) is 0 Å². The molecule has 0 spiro atoms. The molecule has 17 nitrogen and oxygen atoms in total. The van der Waals surface area contributed by atoms with Crippen molar-refractivity contribution in [3.8, 4) is 0 Å². The molecule has 3 unspecified atom stereocenters. The fourth-order valence-electron chi connectivity index (χ4n) is 7.58. The lowest BCUT2D eigenvalue weighted by atomic mass is 9.94. The number of carbonyl (C=O) groups is 7. The molecule has 0 bridgehead atoms. The number of H-pyrrole nitrogens is 1. The molecule has 5 amide bonds. The summed E-state index contributed by atoms with van der Waals surface area (Å²) in [4.78, 5) is 103. The second kappa shape index (κ2) is 22.3. The molecule has 1 saturated heterocycles. The van der Waals surface area contributed by atoms with Crippen LogP contribution in [0.1, 0.15) is 71.9 Å². The van der Waals surface area contributed by atoms with Crippen molar-refractivity contribution in [2.24, 2.45) is 11.5 Å². The van der Waals surface area contributed by atoms with Crippen LogP contribution in [0, 0.1) is 0 Å². The molecule has 350 valence electrons. The number of aromatic amines is 1. The van der Waals surface area contributed by atoms with Crippen LogP contribution in [0.25, 0.3) is 21.7 Å². The second-order valence-corrected chi connectivity index (χ2v) is 19.1. The summed E-state index contributed by atoms with van der Waals surface area (Å²) in [6.45, 7) is 9.80. The van der Waals surface area contributed by atoms with Gasteiger partial charge in [-0.1, -0.05) is 60.7 Å². The van der Waals surface area contributed by atoms with Crippen molar-refractivity contribution >= 4 is 74.9 Å². The summed E-state index contributed by atoms with van der Waals surface area (Å²) in [6, 6.07) is 13.7. The summed E-state index contributed by atoms with van der Waals surface area (Å²) in [5, 5.41) is 14.1. The summed E-state index contributed by atoms with van der Waals surface area (Å²) in [6.07, 6.45) is 0.647. The molecule has 1 fully saturated rings. The van der Waals surface area contributed by atoms with E-state index in [0.717, 1.165) is 43.9 Å². The molecular weight excluding hydrogens is 853 g/mol. The van der Waals surface area contributed by atoms with Crippen LogP contribution < -0.4 is 32.7 Å². The Morgan fingerprint density at radius 2 is 1.46 bits per heavy atom. The maximum absolute atomic E-state index is 14.9. The molecule has 0 saturated carbocycles. The topological polar surface area (TPSA) is 257 Å². The number of hydrogen-bond acceptors (Lipinski definition) is 12. The molecule has 9 N–H and O–H groups in total. The molecule has 1 aliphatic rings. The highest BCUT2D eigenvalue weighted by molar-refractivity contribution is 8.00. The van der Waals surface area contributed by atoms with E-state index in [0.29, 0.717) is 24.9 Å². The second-order valence-electron chi connectivity index (χ2n) is 18.0. The summed E-state index contributed by atoms with van der Waals surface area (Å²) in [5.41, 5.74) is 12.2. The minimum atomic E-state index is -2.03. The number of nitrogens with two attached hydrogens (primary N) is 2. The number of rotatable bonds is 17. The van der Waals surface area contributed by atoms with Gasteiger partial charge in [-0.25, -0.2) is 9.59 Å². The fourth-order valence-corrected chi connectivity index (χ4v) is 8.55. The van der Waals surface area contributed by atoms with Gasteiger partial charge < -0.3 is 52.1 Å². The van der Waals surface area contributed by atoms with Crippen LogP contribution in [-0.2, 0) is 46.4 Å². The number of fused-ring (bicyclic) bond motifs is 2. The maximum Gasteiger partial charge on any atom is 0.408 e. The smallest absolute Gasteiger partial charge is 0.408 e. The number of alkyl carbamates (subject to hydrolysis) is 2. The lowest BCUT2D eigenvalue weighted by molar-refractivity contribution is -0.146. The summed E-state index contributed by atoms with van der Waals surface area (Å²) >= 11 is 1.09. The Morgan fingerprint density at radius 3 is 2.12 bits per heavy atom. The van der Waals surface area contributed by atoms with Crippen LogP contribution in [0.2, 0.25) is 0 Å². The zero-order valence-corrected chi connectivity index (χ0v) is 38.7. The first-order chi connectivity index (χ1) is 30.7. The largest absolute Gasteiger partial charge is 0.444 e. The van der Waals surface area contributed by atoms with Crippen molar-refractivity contribution in [1.82, 2.24) is 31.2 Å². The highest BCUT2D eigenvalue weighted by Gasteiger charge is 2.43. The molecule has 0 radical (unpaired) electrons. The first kappa shape index (κ1) is 50.0. The van der Waals surface area contributed by atoms with Crippen LogP contribution in [0.4, 0.5) is 9.59 Å². The van der Waals surface area contributed by atoms with Gasteiger partial charge >= 0.3 is 12.2 Å². The minimum Gasteiger partial charge on any atom is -0.444 e. The zero-order valence-electron chi connectivity index (χ0n) is 37.9. The van der Waals surface area contributed by atoms with Gasteiger partial charge in [0.2, 0.25) is 17.7 Å². The van der Waals surface area contributed by atoms with E-state index >= 15 is 0 Å².